The molecule has 0 spiro atoms. The largest absolute Gasteiger partial charge is 0.481 e. The molecule has 1 aromatic carbocycles. The molecule has 3 aromatic rings. The molecule has 37 heavy (non-hydrogen) atoms. The summed E-state index contributed by atoms with van der Waals surface area (Å²) >= 11 is 0. The molecule has 0 aliphatic heterocycles. The van der Waals surface area contributed by atoms with Crippen molar-refractivity contribution in [2.45, 2.75) is 71.3 Å². The monoisotopic (exact) mass is 501 g/mol. The minimum absolute atomic E-state index is 0.0315. The molecule has 2 heterocycles. The number of carboxylic acid groups (broad SMARTS) is 1. The maximum atomic E-state index is 12.4. The lowest BCUT2D eigenvalue weighted by Gasteiger charge is -2.11. The molecule has 0 radical (unpaired) electrons. The van der Waals surface area contributed by atoms with E-state index in [1.165, 1.54) is 0 Å². The number of carbonyl (C=O) groups is 2. The Labute approximate surface area is 217 Å². The van der Waals surface area contributed by atoms with Gasteiger partial charge < -0.3 is 15.7 Å². The van der Waals surface area contributed by atoms with Gasteiger partial charge in [0.15, 0.2) is 11.5 Å². The highest BCUT2D eigenvalue weighted by molar-refractivity contribution is 5.95. The summed E-state index contributed by atoms with van der Waals surface area (Å²) in [5, 5.41) is 15.2. The minimum Gasteiger partial charge on any atom is -0.481 e. The summed E-state index contributed by atoms with van der Waals surface area (Å²) in [4.78, 5) is 32.3. The molecule has 3 N–H and O–H groups in total. The first-order chi connectivity index (χ1) is 17.9. The number of imidazole rings is 1. The van der Waals surface area contributed by atoms with Gasteiger partial charge in [-0.1, -0.05) is 44.7 Å². The molecule has 1 aliphatic carbocycles. The van der Waals surface area contributed by atoms with E-state index in [9.17, 15) is 9.59 Å². The summed E-state index contributed by atoms with van der Waals surface area (Å²) in [6.07, 6.45) is 10.3. The zero-order valence-corrected chi connectivity index (χ0v) is 21.6. The lowest BCUT2D eigenvalue weighted by molar-refractivity contribution is -0.137. The smallest absolute Gasteiger partial charge is 0.303 e. The SMILES string of the molecule is CC(C)CNc1nc(C#CCCCCCCC(=O)O)cn2c(-c3ccc(C(=O)NC4CC4)cc3)cnc12. The van der Waals surface area contributed by atoms with E-state index in [-0.39, 0.29) is 12.3 Å². The first kappa shape index (κ1) is 26.2. The molecular weight excluding hydrogens is 466 g/mol. The summed E-state index contributed by atoms with van der Waals surface area (Å²) in [5.74, 6) is 6.78. The second-order valence-electron chi connectivity index (χ2n) is 10.0. The van der Waals surface area contributed by atoms with Crippen LogP contribution in [-0.4, -0.2) is 43.9 Å². The molecule has 1 saturated carbocycles. The van der Waals surface area contributed by atoms with Crippen molar-refractivity contribution in [3.05, 3.63) is 47.9 Å². The van der Waals surface area contributed by atoms with Crippen molar-refractivity contribution in [2.75, 3.05) is 11.9 Å². The van der Waals surface area contributed by atoms with E-state index in [4.69, 9.17) is 10.1 Å². The van der Waals surface area contributed by atoms with Gasteiger partial charge in [0.05, 0.1) is 11.9 Å². The lowest BCUT2D eigenvalue weighted by atomic mass is 10.1. The number of carboxylic acids is 1. The third kappa shape index (κ3) is 7.56. The highest BCUT2D eigenvalue weighted by Crippen LogP contribution is 2.25. The quantitative estimate of drug-likeness (QED) is 0.234. The lowest BCUT2D eigenvalue weighted by Crippen LogP contribution is -2.25. The van der Waals surface area contributed by atoms with Crippen LogP contribution in [0, 0.1) is 17.8 Å². The van der Waals surface area contributed by atoms with Crippen LogP contribution in [0.3, 0.4) is 0 Å². The minimum atomic E-state index is -0.739. The maximum Gasteiger partial charge on any atom is 0.303 e. The van der Waals surface area contributed by atoms with Gasteiger partial charge in [0.25, 0.3) is 5.91 Å². The van der Waals surface area contributed by atoms with E-state index in [0.29, 0.717) is 35.5 Å². The normalized spacial score (nSPS) is 12.8. The Morgan fingerprint density at radius 2 is 1.89 bits per heavy atom. The highest BCUT2D eigenvalue weighted by atomic mass is 16.4. The number of hydrogen-bond acceptors (Lipinski definition) is 5. The molecule has 1 fully saturated rings. The Morgan fingerprint density at radius 3 is 2.59 bits per heavy atom. The van der Waals surface area contributed by atoms with Crippen LogP contribution in [0.1, 0.15) is 81.3 Å². The zero-order chi connectivity index (χ0) is 26.2. The topological polar surface area (TPSA) is 109 Å². The molecule has 0 unspecified atom stereocenters. The molecule has 1 amide bonds. The second kappa shape index (κ2) is 12.4. The number of benzene rings is 1. The van der Waals surface area contributed by atoms with Gasteiger partial charge in [-0.15, -0.1) is 0 Å². The third-order valence-corrected chi connectivity index (χ3v) is 6.18. The molecule has 8 nitrogen and oxygen atoms in total. The Bertz CT molecular complexity index is 1300. The van der Waals surface area contributed by atoms with Crippen LogP contribution in [0.5, 0.6) is 0 Å². The summed E-state index contributed by atoms with van der Waals surface area (Å²) in [5.41, 5.74) is 3.90. The maximum absolute atomic E-state index is 12.4. The molecule has 0 bridgehead atoms. The number of unbranched alkanes of at least 4 members (excludes halogenated alkanes) is 4. The molecule has 0 saturated heterocycles. The van der Waals surface area contributed by atoms with Crippen molar-refractivity contribution in [2.24, 2.45) is 5.92 Å². The Hall–Kier alpha value is -3.86. The molecule has 2 aromatic heterocycles. The predicted molar refractivity (Wildman–Crippen MR) is 144 cm³/mol. The first-order valence-electron chi connectivity index (χ1n) is 13.1. The average Bonchev–Trinajstić information content (AvgIpc) is 3.59. The third-order valence-electron chi connectivity index (χ3n) is 6.18. The Kier molecular flexibility index (Phi) is 8.78. The number of carbonyl (C=O) groups excluding carboxylic acids is 1. The van der Waals surface area contributed by atoms with Gasteiger partial charge in [-0.2, -0.15) is 0 Å². The zero-order valence-electron chi connectivity index (χ0n) is 21.6. The van der Waals surface area contributed by atoms with Gasteiger partial charge in [-0.25, -0.2) is 9.97 Å². The fourth-order valence-corrected chi connectivity index (χ4v) is 3.97. The van der Waals surface area contributed by atoms with Crippen molar-refractivity contribution in [3.8, 4) is 23.1 Å². The van der Waals surface area contributed by atoms with Crippen molar-refractivity contribution in [3.63, 3.8) is 0 Å². The van der Waals surface area contributed by atoms with Crippen LogP contribution in [0.2, 0.25) is 0 Å². The summed E-state index contributed by atoms with van der Waals surface area (Å²) in [6.45, 7) is 5.05. The fourth-order valence-electron chi connectivity index (χ4n) is 3.97. The first-order valence-corrected chi connectivity index (χ1v) is 13.1. The van der Waals surface area contributed by atoms with Crippen LogP contribution in [0.25, 0.3) is 16.9 Å². The van der Waals surface area contributed by atoms with Crippen LogP contribution in [0.15, 0.2) is 36.7 Å². The number of rotatable bonds is 12. The molecule has 1 aliphatic rings. The summed E-state index contributed by atoms with van der Waals surface area (Å²) in [7, 11) is 0. The van der Waals surface area contributed by atoms with Crippen LogP contribution >= 0.6 is 0 Å². The van der Waals surface area contributed by atoms with Gasteiger partial charge in [-0.05, 0) is 49.7 Å². The Balaban J connectivity index is 1.51. The van der Waals surface area contributed by atoms with E-state index in [1.54, 1.807) is 0 Å². The fraction of sp³-hybridized carbons (Fsp3) is 0.448. The van der Waals surface area contributed by atoms with E-state index < -0.39 is 5.97 Å². The number of aliphatic carboxylic acids is 1. The van der Waals surface area contributed by atoms with E-state index in [0.717, 1.165) is 62.0 Å². The van der Waals surface area contributed by atoms with Crippen LogP contribution in [-0.2, 0) is 4.79 Å². The Morgan fingerprint density at radius 1 is 1.14 bits per heavy atom. The average molecular weight is 502 g/mol. The van der Waals surface area contributed by atoms with E-state index in [2.05, 4.69) is 41.3 Å². The van der Waals surface area contributed by atoms with Crippen molar-refractivity contribution in [1.82, 2.24) is 19.7 Å². The molecule has 0 atom stereocenters. The highest BCUT2D eigenvalue weighted by Gasteiger charge is 2.23. The standard InChI is InChI=1S/C29H35N5O3/c1-20(2)17-30-27-28-31-18-25(21-11-13-22(14-12-21)29(37)33-23-15-16-23)34(28)19-24(32-27)9-7-5-3-4-6-8-10-26(35)36/h11-14,18-20,23H,3-6,8,10,15-17H2,1-2H3,(H,30,32)(H,33,37)(H,35,36). The van der Waals surface area contributed by atoms with Crippen molar-refractivity contribution >= 4 is 23.3 Å². The number of amides is 1. The van der Waals surface area contributed by atoms with Gasteiger partial charge >= 0.3 is 5.97 Å². The van der Waals surface area contributed by atoms with Gasteiger partial charge in [0.2, 0.25) is 0 Å². The number of aromatic nitrogens is 3. The number of anilines is 1. The van der Waals surface area contributed by atoms with Crippen LogP contribution in [0.4, 0.5) is 5.82 Å². The van der Waals surface area contributed by atoms with E-state index >= 15 is 0 Å². The number of fused-ring (bicyclic) bond motifs is 1. The van der Waals surface area contributed by atoms with Crippen LogP contribution < -0.4 is 10.6 Å². The summed E-state index contributed by atoms with van der Waals surface area (Å²) in [6, 6.07) is 7.92. The van der Waals surface area contributed by atoms with E-state index in [1.807, 2.05) is 41.1 Å². The molecule has 194 valence electrons. The van der Waals surface area contributed by atoms with Crippen molar-refractivity contribution in [1.29, 1.82) is 0 Å². The molecule has 4 rings (SSSR count). The van der Waals surface area contributed by atoms with Crippen molar-refractivity contribution < 1.29 is 14.7 Å². The van der Waals surface area contributed by atoms with Gasteiger partial charge in [0.1, 0.15) is 5.69 Å². The summed E-state index contributed by atoms with van der Waals surface area (Å²) < 4.78 is 2.00. The molecule has 8 heteroatoms. The van der Waals surface area contributed by atoms with Gasteiger partial charge in [-0.3, -0.25) is 14.0 Å². The number of nitrogens with one attached hydrogen (secondary N) is 2. The number of nitrogens with zero attached hydrogens (tertiary/aromatic N) is 3. The number of hydrogen-bond donors (Lipinski definition) is 3. The van der Waals surface area contributed by atoms with Gasteiger partial charge in [0, 0.05) is 42.8 Å². The molecular formula is C29H35N5O3. The second-order valence-corrected chi connectivity index (χ2v) is 10.0. The predicted octanol–water partition coefficient (Wildman–Crippen LogP) is 5.13.